The first kappa shape index (κ1) is 13.1. The molecule has 0 bridgehead atoms. The zero-order valence-electron chi connectivity index (χ0n) is 9.19. The molecule has 0 saturated carbocycles. The lowest BCUT2D eigenvalue weighted by Crippen LogP contribution is -2.09. The Labute approximate surface area is 85.2 Å². The van der Waals surface area contributed by atoms with Crippen LogP contribution in [0.15, 0.2) is 6.20 Å². The lowest BCUT2D eigenvalue weighted by atomic mass is 10.2. The van der Waals surface area contributed by atoms with Crippen LogP contribution in [0.3, 0.4) is 0 Å². The zero-order valence-corrected chi connectivity index (χ0v) is 9.19. The van der Waals surface area contributed by atoms with Crippen LogP contribution in [0, 0.1) is 6.92 Å². The maximum atomic E-state index is 8.75. The van der Waals surface area contributed by atoms with Gasteiger partial charge in [-0.25, -0.2) is 0 Å². The molecule has 2 N–H and O–H groups in total. The molecule has 0 radical (unpaired) electrons. The van der Waals surface area contributed by atoms with Gasteiger partial charge in [-0.05, 0) is 12.5 Å². The van der Waals surface area contributed by atoms with Crippen LogP contribution in [0.4, 0.5) is 0 Å². The van der Waals surface area contributed by atoms with Gasteiger partial charge in [0, 0.05) is 18.7 Å². The fourth-order valence-electron chi connectivity index (χ4n) is 1.22. The van der Waals surface area contributed by atoms with Gasteiger partial charge in [0.2, 0.25) is 0 Å². The second-order valence-corrected chi connectivity index (χ2v) is 2.69. The molecule has 0 aliphatic rings. The smallest absolute Gasteiger partial charge is 0.0644 e. The zero-order chi connectivity index (χ0) is 11.0. The summed E-state index contributed by atoms with van der Waals surface area (Å²) in [4.78, 5) is 0. The Bertz CT molecular complexity index is 246. The molecule has 1 rings (SSSR count). The number of hydrogen-bond acceptors (Lipinski definition) is 3. The van der Waals surface area contributed by atoms with E-state index in [1.807, 2.05) is 20.8 Å². The monoisotopic (exact) mass is 200 g/mol. The Hall–Kier alpha value is -0.870. The van der Waals surface area contributed by atoms with Crippen molar-refractivity contribution in [1.82, 2.24) is 9.78 Å². The van der Waals surface area contributed by atoms with Crippen LogP contribution in [-0.2, 0) is 13.0 Å². The largest absolute Gasteiger partial charge is 0.396 e. The van der Waals surface area contributed by atoms with Gasteiger partial charge in [0.1, 0.15) is 0 Å². The van der Waals surface area contributed by atoms with Gasteiger partial charge in [0.15, 0.2) is 0 Å². The van der Waals surface area contributed by atoms with Crippen LogP contribution in [-0.4, -0.2) is 33.2 Å². The van der Waals surface area contributed by atoms with E-state index in [0.29, 0.717) is 13.0 Å². The van der Waals surface area contributed by atoms with Crippen LogP contribution in [0.5, 0.6) is 0 Å². The van der Waals surface area contributed by atoms with E-state index < -0.39 is 0 Å². The molecule has 0 aromatic carbocycles. The minimum absolute atomic E-state index is 0.0829. The summed E-state index contributed by atoms with van der Waals surface area (Å²) in [5.74, 6) is 0. The Morgan fingerprint density at radius 1 is 1.29 bits per heavy atom. The highest BCUT2D eigenvalue weighted by atomic mass is 16.3. The molecule has 0 atom stereocenters. The van der Waals surface area contributed by atoms with Crippen molar-refractivity contribution in [2.75, 3.05) is 13.2 Å². The van der Waals surface area contributed by atoms with Crippen molar-refractivity contribution in [3.63, 3.8) is 0 Å². The molecule has 1 aromatic rings. The van der Waals surface area contributed by atoms with Crippen molar-refractivity contribution in [2.45, 2.75) is 33.7 Å². The van der Waals surface area contributed by atoms with Gasteiger partial charge in [0.05, 0.1) is 19.3 Å². The van der Waals surface area contributed by atoms with Crippen molar-refractivity contribution in [3.05, 3.63) is 17.5 Å². The minimum atomic E-state index is 0.0829. The SMILES string of the molecule is CC.Cc1cnn(CCO)c1CCO. The number of hydrogen-bond donors (Lipinski definition) is 2. The summed E-state index contributed by atoms with van der Waals surface area (Å²) in [6.45, 7) is 6.66. The maximum Gasteiger partial charge on any atom is 0.0644 e. The quantitative estimate of drug-likeness (QED) is 0.754. The summed E-state index contributed by atoms with van der Waals surface area (Å²) in [5, 5.41) is 21.5. The second-order valence-electron chi connectivity index (χ2n) is 2.69. The molecule has 14 heavy (non-hydrogen) atoms. The van der Waals surface area contributed by atoms with Crippen molar-refractivity contribution in [2.24, 2.45) is 0 Å². The Morgan fingerprint density at radius 2 is 1.93 bits per heavy atom. The molecule has 82 valence electrons. The number of aromatic nitrogens is 2. The van der Waals surface area contributed by atoms with E-state index >= 15 is 0 Å². The van der Waals surface area contributed by atoms with Crippen molar-refractivity contribution in [1.29, 1.82) is 0 Å². The van der Waals surface area contributed by atoms with E-state index in [4.69, 9.17) is 10.2 Å². The van der Waals surface area contributed by atoms with E-state index in [2.05, 4.69) is 5.10 Å². The third kappa shape index (κ3) is 3.47. The predicted molar refractivity (Wildman–Crippen MR) is 56.2 cm³/mol. The van der Waals surface area contributed by atoms with Crippen molar-refractivity contribution in [3.8, 4) is 0 Å². The van der Waals surface area contributed by atoms with Gasteiger partial charge in [-0.3, -0.25) is 4.68 Å². The van der Waals surface area contributed by atoms with Gasteiger partial charge in [0.25, 0.3) is 0 Å². The highest BCUT2D eigenvalue weighted by Crippen LogP contribution is 2.06. The number of nitrogens with zero attached hydrogens (tertiary/aromatic N) is 2. The molecule has 0 spiro atoms. The molecule has 1 heterocycles. The fraction of sp³-hybridized carbons (Fsp3) is 0.700. The second kappa shape index (κ2) is 7.53. The number of aliphatic hydroxyl groups excluding tert-OH is 2. The first-order valence-electron chi connectivity index (χ1n) is 5.02. The van der Waals surface area contributed by atoms with Crippen LogP contribution < -0.4 is 0 Å². The summed E-state index contributed by atoms with van der Waals surface area (Å²) in [6.07, 6.45) is 2.35. The fourth-order valence-corrected chi connectivity index (χ4v) is 1.22. The average Bonchev–Trinajstić information content (AvgIpc) is 2.54. The summed E-state index contributed by atoms with van der Waals surface area (Å²) in [6, 6.07) is 0. The third-order valence-electron chi connectivity index (χ3n) is 1.82. The van der Waals surface area contributed by atoms with E-state index in [9.17, 15) is 0 Å². The summed E-state index contributed by atoms with van der Waals surface area (Å²) >= 11 is 0. The Morgan fingerprint density at radius 3 is 2.43 bits per heavy atom. The van der Waals surface area contributed by atoms with E-state index in [1.54, 1.807) is 10.9 Å². The maximum absolute atomic E-state index is 8.75. The molecule has 0 amide bonds. The van der Waals surface area contributed by atoms with Crippen LogP contribution in [0.25, 0.3) is 0 Å². The van der Waals surface area contributed by atoms with Crippen molar-refractivity contribution >= 4 is 0 Å². The summed E-state index contributed by atoms with van der Waals surface area (Å²) in [7, 11) is 0. The first-order valence-corrected chi connectivity index (χ1v) is 5.02. The summed E-state index contributed by atoms with van der Waals surface area (Å²) in [5.41, 5.74) is 2.07. The lowest BCUT2D eigenvalue weighted by molar-refractivity contribution is 0.261. The van der Waals surface area contributed by atoms with E-state index in [0.717, 1.165) is 11.3 Å². The highest BCUT2D eigenvalue weighted by Gasteiger charge is 2.05. The highest BCUT2D eigenvalue weighted by molar-refractivity contribution is 5.15. The first-order chi connectivity index (χ1) is 6.79. The van der Waals surface area contributed by atoms with Gasteiger partial charge in [-0.2, -0.15) is 5.10 Å². The average molecular weight is 200 g/mol. The van der Waals surface area contributed by atoms with Gasteiger partial charge < -0.3 is 10.2 Å². The topological polar surface area (TPSA) is 58.3 Å². The number of aryl methyl sites for hydroxylation is 1. The van der Waals surface area contributed by atoms with Crippen LogP contribution in [0.2, 0.25) is 0 Å². The lowest BCUT2D eigenvalue weighted by Gasteiger charge is -2.04. The molecule has 4 heteroatoms. The van der Waals surface area contributed by atoms with Crippen LogP contribution in [0.1, 0.15) is 25.1 Å². The van der Waals surface area contributed by atoms with Gasteiger partial charge in [-0.15, -0.1) is 0 Å². The number of rotatable bonds is 4. The van der Waals surface area contributed by atoms with E-state index in [1.165, 1.54) is 0 Å². The molecular weight excluding hydrogens is 180 g/mol. The van der Waals surface area contributed by atoms with E-state index in [-0.39, 0.29) is 13.2 Å². The molecule has 0 saturated heterocycles. The molecule has 0 aliphatic heterocycles. The Balaban J connectivity index is 0.000000791. The normalized spacial score (nSPS) is 9.50. The van der Waals surface area contributed by atoms with Gasteiger partial charge >= 0.3 is 0 Å². The summed E-state index contributed by atoms with van der Waals surface area (Å²) < 4.78 is 1.73. The van der Waals surface area contributed by atoms with Gasteiger partial charge in [-0.1, -0.05) is 13.8 Å². The third-order valence-corrected chi connectivity index (χ3v) is 1.82. The standard InChI is InChI=1S/C8H14N2O2.C2H6/c1-7-6-9-10(3-5-12)8(7)2-4-11;1-2/h6,11-12H,2-5H2,1H3;1-2H3. The minimum Gasteiger partial charge on any atom is -0.396 e. The predicted octanol–water partition coefficient (Wildman–Crippen LogP) is 0.745. The molecule has 4 nitrogen and oxygen atoms in total. The van der Waals surface area contributed by atoms with Crippen LogP contribution >= 0.6 is 0 Å². The molecule has 1 aromatic heterocycles. The molecule has 0 aliphatic carbocycles. The molecule has 0 fully saturated rings. The van der Waals surface area contributed by atoms with Crippen molar-refractivity contribution < 1.29 is 10.2 Å². The number of aliphatic hydroxyl groups is 2. The Kier molecular flexibility index (Phi) is 7.06. The molecule has 0 unspecified atom stereocenters. The molecular formula is C10H20N2O2.